The Labute approximate surface area is 82.8 Å². The molecule has 0 unspecified atom stereocenters. The zero-order chi connectivity index (χ0) is 9.97. The smallest absolute Gasteiger partial charge is 0.308 e. The van der Waals surface area contributed by atoms with E-state index < -0.39 is 5.97 Å². The Kier molecular flexibility index (Phi) is 2.50. The van der Waals surface area contributed by atoms with Crippen LogP contribution in [-0.2, 0) is 11.2 Å². The number of carbonyl (C=O) groups is 1. The summed E-state index contributed by atoms with van der Waals surface area (Å²) in [5.74, 6) is -0.985. The molecule has 0 amide bonds. The van der Waals surface area contributed by atoms with E-state index in [0.717, 1.165) is 12.1 Å². The fourth-order valence-electron chi connectivity index (χ4n) is 1.62. The molecule has 3 heteroatoms. The summed E-state index contributed by atoms with van der Waals surface area (Å²) in [4.78, 5) is 10.9. The van der Waals surface area contributed by atoms with Gasteiger partial charge in [0, 0.05) is 12.6 Å². The summed E-state index contributed by atoms with van der Waals surface area (Å²) < 4.78 is 0. The van der Waals surface area contributed by atoms with Gasteiger partial charge in [0.15, 0.2) is 0 Å². The number of carboxylic acids is 1. The fraction of sp³-hybridized carbons (Fsp3) is 0.364. The molecule has 2 atom stereocenters. The second-order valence-corrected chi connectivity index (χ2v) is 3.65. The van der Waals surface area contributed by atoms with Crippen LogP contribution in [0.5, 0.6) is 0 Å². The van der Waals surface area contributed by atoms with Gasteiger partial charge < -0.3 is 10.4 Å². The van der Waals surface area contributed by atoms with Crippen molar-refractivity contribution in [1.29, 1.82) is 0 Å². The lowest BCUT2D eigenvalue weighted by Gasteiger charge is -2.09. The zero-order valence-corrected chi connectivity index (χ0v) is 7.81. The lowest BCUT2D eigenvalue weighted by atomic mass is 9.96. The van der Waals surface area contributed by atoms with Crippen molar-refractivity contribution in [2.45, 2.75) is 12.5 Å². The van der Waals surface area contributed by atoms with Gasteiger partial charge in [-0.15, -0.1) is 0 Å². The topological polar surface area (TPSA) is 59.2 Å². The van der Waals surface area contributed by atoms with Gasteiger partial charge in [-0.05, 0) is 12.0 Å². The van der Waals surface area contributed by atoms with Gasteiger partial charge in [0.1, 0.15) is 0 Å². The van der Waals surface area contributed by atoms with Gasteiger partial charge in [0.05, 0.1) is 5.92 Å². The van der Waals surface area contributed by atoms with Crippen molar-refractivity contribution in [3.8, 4) is 0 Å². The number of carboxylic acid groups (broad SMARTS) is 1. The first-order chi connectivity index (χ1) is 6.77. The summed E-state index contributed by atoms with van der Waals surface area (Å²) in [5.41, 5.74) is 1.09. The van der Waals surface area contributed by atoms with Gasteiger partial charge in [-0.2, -0.15) is 0 Å². The summed E-state index contributed by atoms with van der Waals surface area (Å²) in [7, 11) is 0. The maximum atomic E-state index is 10.9. The second kappa shape index (κ2) is 3.80. The molecule has 1 aliphatic heterocycles. The Morgan fingerprint density at radius 3 is 2.64 bits per heavy atom. The molecule has 1 aromatic carbocycles. The molecule has 1 fully saturated rings. The number of benzene rings is 1. The van der Waals surface area contributed by atoms with E-state index in [1.807, 2.05) is 30.3 Å². The average Bonchev–Trinajstić information content (AvgIpc) is 2.99. The maximum Gasteiger partial charge on any atom is 0.308 e. The SMILES string of the molecule is O=C(O)[C@@H](Cc1ccccc1)[C@@H]1CN1. The van der Waals surface area contributed by atoms with E-state index in [0.29, 0.717) is 6.42 Å². The third-order valence-electron chi connectivity index (χ3n) is 2.54. The first kappa shape index (κ1) is 9.21. The van der Waals surface area contributed by atoms with Crippen LogP contribution in [0.15, 0.2) is 30.3 Å². The summed E-state index contributed by atoms with van der Waals surface area (Å²) in [6, 6.07) is 9.93. The predicted molar refractivity (Wildman–Crippen MR) is 53.1 cm³/mol. The van der Waals surface area contributed by atoms with Crippen molar-refractivity contribution in [2.75, 3.05) is 6.54 Å². The molecule has 0 spiro atoms. The molecule has 0 radical (unpaired) electrons. The molecule has 2 rings (SSSR count). The molecule has 14 heavy (non-hydrogen) atoms. The van der Waals surface area contributed by atoms with Gasteiger partial charge >= 0.3 is 5.97 Å². The summed E-state index contributed by atoms with van der Waals surface area (Å²) in [6.45, 7) is 0.837. The van der Waals surface area contributed by atoms with Crippen LogP contribution >= 0.6 is 0 Å². The monoisotopic (exact) mass is 191 g/mol. The summed E-state index contributed by atoms with van der Waals surface area (Å²) in [5, 5.41) is 12.1. The third kappa shape index (κ3) is 2.12. The Balaban J connectivity index is 2.04. The average molecular weight is 191 g/mol. The largest absolute Gasteiger partial charge is 0.481 e. The molecule has 1 aliphatic rings. The van der Waals surface area contributed by atoms with E-state index in [-0.39, 0.29) is 12.0 Å². The number of hydrogen-bond acceptors (Lipinski definition) is 2. The van der Waals surface area contributed by atoms with Crippen LogP contribution in [0.25, 0.3) is 0 Å². The fourth-order valence-corrected chi connectivity index (χ4v) is 1.62. The van der Waals surface area contributed by atoms with Gasteiger partial charge in [0.25, 0.3) is 0 Å². The van der Waals surface area contributed by atoms with Crippen LogP contribution in [0.1, 0.15) is 5.56 Å². The minimum atomic E-state index is -0.705. The first-order valence-corrected chi connectivity index (χ1v) is 4.77. The molecule has 74 valence electrons. The van der Waals surface area contributed by atoms with Gasteiger partial charge in [-0.3, -0.25) is 4.79 Å². The standard InChI is InChI=1S/C11H13NO2/c13-11(14)9(10-7-12-10)6-8-4-2-1-3-5-8/h1-5,9-10,12H,6-7H2,(H,13,14)/t9-,10-/m0/s1. The van der Waals surface area contributed by atoms with Crippen molar-refractivity contribution in [3.63, 3.8) is 0 Å². The van der Waals surface area contributed by atoms with Crippen molar-refractivity contribution < 1.29 is 9.90 Å². The van der Waals surface area contributed by atoms with E-state index >= 15 is 0 Å². The van der Waals surface area contributed by atoms with Crippen LogP contribution < -0.4 is 5.32 Å². The van der Waals surface area contributed by atoms with Gasteiger partial charge in [-0.25, -0.2) is 0 Å². The number of aliphatic carboxylic acids is 1. The lowest BCUT2D eigenvalue weighted by Crippen LogP contribution is -2.23. The first-order valence-electron chi connectivity index (χ1n) is 4.77. The second-order valence-electron chi connectivity index (χ2n) is 3.65. The minimum Gasteiger partial charge on any atom is -0.481 e. The van der Waals surface area contributed by atoms with Gasteiger partial charge in [0.2, 0.25) is 0 Å². The molecule has 0 aliphatic carbocycles. The Morgan fingerprint density at radius 1 is 1.50 bits per heavy atom. The lowest BCUT2D eigenvalue weighted by molar-refractivity contribution is -0.141. The van der Waals surface area contributed by atoms with Crippen molar-refractivity contribution in [1.82, 2.24) is 5.32 Å². The highest BCUT2D eigenvalue weighted by atomic mass is 16.4. The van der Waals surface area contributed by atoms with Crippen molar-refractivity contribution in [3.05, 3.63) is 35.9 Å². The Morgan fingerprint density at radius 2 is 2.14 bits per heavy atom. The van der Waals surface area contributed by atoms with Gasteiger partial charge in [-0.1, -0.05) is 30.3 Å². The molecular weight excluding hydrogens is 178 g/mol. The molecule has 3 nitrogen and oxygen atoms in total. The van der Waals surface area contributed by atoms with E-state index in [1.54, 1.807) is 0 Å². The van der Waals surface area contributed by atoms with Crippen LogP contribution in [-0.4, -0.2) is 23.7 Å². The molecule has 1 saturated heterocycles. The third-order valence-corrected chi connectivity index (χ3v) is 2.54. The Hall–Kier alpha value is -1.35. The van der Waals surface area contributed by atoms with Crippen molar-refractivity contribution in [2.24, 2.45) is 5.92 Å². The van der Waals surface area contributed by atoms with Crippen LogP contribution in [0.4, 0.5) is 0 Å². The quantitative estimate of drug-likeness (QED) is 0.695. The molecular formula is C11H13NO2. The normalized spacial score (nSPS) is 21.6. The zero-order valence-electron chi connectivity index (χ0n) is 7.81. The van der Waals surface area contributed by atoms with E-state index in [2.05, 4.69) is 5.32 Å². The van der Waals surface area contributed by atoms with Crippen LogP contribution in [0.2, 0.25) is 0 Å². The van der Waals surface area contributed by atoms with E-state index in [4.69, 9.17) is 5.11 Å². The molecule has 0 bridgehead atoms. The molecule has 1 aromatic rings. The maximum absolute atomic E-state index is 10.9. The summed E-state index contributed by atoms with van der Waals surface area (Å²) >= 11 is 0. The van der Waals surface area contributed by atoms with Crippen molar-refractivity contribution >= 4 is 5.97 Å². The highest BCUT2D eigenvalue weighted by Crippen LogP contribution is 2.18. The highest BCUT2D eigenvalue weighted by molar-refractivity contribution is 5.72. The van der Waals surface area contributed by atoms with E-state index in [1.165, 1.54) is 0 Å². The number of hydrogen-bond donors (Lipinski definition) is 2. The molecule has 0 saturated carbocycles. The van der Waals surface area contributed by atoms with Crippen LogP contribution in [0.3, 0.4) is 0 Å². The Bertz CT molecular complexity index is 319. The highest BCUT2D eigenvalue weighted by Gasteiger charge is 2.35. The summed E-state index contributed by atoms with van der Waals surface area (Å²) in [6.07, 6.45) is 0.619. The van der Waals surface area contributed by atoms with E-state index in [9.17, 15) is 4.79 Å². The number of nitrogens with one attached hydrogen (secondary N) is 1. The molecule has 2 N–H and O–H groups in total. The minimum absolute atomic E-state index is 0.174. The molecule has 0 aromatic heterocycles. The predicted octanol–water partition coefficient (Wildman–Crippen LogP) is 0.902. The number of rotatable bonds is 4. The molecule has 1 heterocycles. The van der Waals surface area contributed by atoms with Crippen LogP contribution in [0, 0.1) is 5.92 Å².